The molecule has 0 aromatic heterocycles. The van der Waals surface area contributed by atoms with E-state index in [4.69, 9.17) is 9.47 Å². The van der Waals surface area contributed by atoms with Crippen molar-refractivity contribution >= 4 is 5.71 Å². The molecular formula is C16H21N3O2. The Labute approximate surface area is 124 Å². The normalized spacial score (nSPS) is 33.1. The van der Waals surface area contributed by atoms with Crippen molar-refractivity contribution in [2.75, 3.05) is 27.3 Å². The summed E-state index contributed by atoms with van der Waals surface area (Å²) >= 11 is 0. The predicted octanol–water partition coefficient (Wildman–Crippen LogP) is 1.80. The Bertz CT molecular complexity index is 579. The number of hydrazone groups is 1. The number of para-hydroxylation sites is 1. The second kappa shape index (κ2) is 4.91. The van der Waals surface area contributed by atoms with E-state index in [9.17, 15) is 0 Å². The summed E-state index contributed by atoms with van der Waals surface area (Å²) in [6.07, 6.45) is 2.50. The number of hydrogen-bond donors (Lipinski definition) is 1. The van der Waals surface area contributed by atoms with Crippen molar-refractivity contribution in [2.45, 2.75) is 24.9 Å². The Morgan fingerprint density at radius 2 is 2.00 bits per heavy atom. The number of fused-ring (bicyclic) bond motifs is 2. The minimum absolute atomic E-state index is 0.160. The van der Waals surface area contributed by atoms with Crippen molar-refractivity contribution in [1.82, 2.24) is 10.3 Å². The van der Waals surface area contributed by atoms with E-state index in [1.165, 1.54) is 31.6 Å². The van der Waals surface area contributed by atoms with Gasteiger partial charge in [-0.15, -0.1) is 0 Å². The molecule has 0 saturated carbocycles. The zero-order valence-corrected chi connectivity index (χ0v) is 12.5. The largest absolute Gasteiger partial charge is 0.493 e. The molecule has 5 rings (SSSR count). The van der Waals surface area contributed by atoms with Gasteiger partial charge in [-0.05, 0) is 32.0 Å². The molecule has 2 atom stereocenters. The van der Waals surface area contributed by atoms with E-state index in [0.717, 1.165) is 17.1 Å². The summed E-state index contributed by atoms with van der Waals surface area (Å²) in [5.74, 6) is 2.26. The molecule has 0 amide bonds. The minimum atomic E-state index is 0.160. The third-order valence-electron chi connectivity index (χ3n) is 5.06. The zero-order chi connectivity index (χ0) is 14.4. The van der Waals surface area contributed by atoms with Crippen LogP contribution >= 0.6 is 0 Å². The van der Waals surface area contributed by atoms with Gasteiger partial charge in [-0.25, -0.2) is 0 Å². The van der Waals surface area contributed by atoms with Gasteiger partial charge in [0.05, 0.1) is 32.0 Å². The average Bonchev–Trinajstić information content (AvgIpc) is 3.02. The van der Waals surface area contributed by atoms with E-state index in [2.05, 4.69) is 21.5 Å². The molecule has 5 nitrogen and oxygen atoms in total. The lowest BCUT2D eigenvalue weighted by Gasteiger charge is -2.45. The maximum atomic E-state index is 5.61. The van der Waals surface area contributed by atoms with Gasteiger partial charge in [-0.3, -0.25) is 4.90 Å². The molecule has 21 heavy (non-hydrogen) atoms. The van der Waals surface area contributed by atoms with E-state index in [1.807, 2.05) is 12.1 Å². The SMILES string of the molecule is COc1cccc(C2NN=C3C4CCN(CC4)C32)c1OC. The number of hydrogen-bond acceptors (Lipinski definition) is 5. The van der Waals surface area contributed by atoms with Crippen LogP contribution in [0.15, 0.2) is 23.3 Å². The highest BCUT2D eigenvalue weighted by atomic mass is 16.5. The number of benzene rings is 1. The minimum Gasteiger partial charge on any atom is -0.493 e. The topological polar surface area (TPSA) is 46.1 Å². The van der Waals surface area contributed by atoms with Crippen LogP contribution in [0, 0.1) is 5.92 Å². The Balaban J connectivity index is 1.73. The van der Waals surface area contributed by atoms with Crippen LogP contribution in [0.3, 0.4) is 0 Å². The van der Waals surface area contributed by atoms with Crippen LogP contribution in [-0.4, -0.2) is 44.0 Å². The lowest BCUT2D eigenvalue weighted by atomic mass is 9.78. The summed E-state index contributed by atoms with van der Waals surface area (Å²) in [5, 5.41) is 4.66. The van der Waals surface area contributed by atoms with Gasteiger partial charge >= 0.3 is 0 Å². The van der Waals surface area contributed by atoms with Gasteiger partial charge in [-0.2, -0.15) is 5.10 Å². The van der Waals surface area contributed by atoms with Crippen LogP contribution in [0.25, 0.3) is 0 Å². The van der Waals surface area contributed by atoms with E-state index in [-0.39, 0.29) is 6.04 Å². The van der Waals surface area contributed by atoms with Gasteiger partial charge in [0.1, 0.15) is 0 Å². The molecular weight excluding hydrogens is 266 g/mol. The molecule has 4 aliphatic heterocycles. The third-order valence-corrected chi connectivity index (χ3v) is 5.06. The quantitative estimate of drug-likeness (QED) is 0.921. The smallest absolute Gasteiger partial charge is 0.166 e. The first kappa shape index (κ1) is 13.0. The molecule has 0 radical (unpaired) electrons. The molecule has 1 aromatic carbocycles. The predicted molar refractivity (Wildman–Crippen MR) is 80.9 cm³/mol. The summed E-state index contributed by atoms with van der Waals surface area (Å²) in [7, 11) is 3.38. The maximum absolute atomic E-state index is 5.61. The van der Waals surface area contributed by atoms with E-state index >= 15 is 0 Å². The van der Waals surface area contributed by atoms with Crippen molar-refractivity contribution in [3.63, 3.8) is 0 Å². The monoisotopic (exact) mass is 287 g/mol. The van der Waals surface area contributed by atoms with E-state index < -0.39 is 0 Å². The van der Waals surface area contributed by atoms with Crippen LogP contribution in [0.5, 0.6) is 11.5 Å². The number of nitrogens with one attached hydrogen (secondary N) is 1. The van der Waals surface area contributed by atoms with Gasteiger partial charge in [-0.1, -0.05) is 12.1 Å². The van der Waals surface area contributed by atoms with Crippen LogP contribution in [0.2, 0.25) is 0 Å². The van der Waals surface area contributed by atoms with Gasteiger partial charge in [0, 0.05) is 11.5 Å². The maximum Gasteiger partial charge on any atom is 0.166 e. The van der Waals surface area contributed by atoms with Crippen molar-refractivity contribution in [3.8, 4) is 11.5 Å². The molecule has 3 fully saturated rings. The highest BCUT2D eigenvalue weighted by Gasteiger charge is 2.47. The molecule has 0 spiro atoms. The molecule has 112 valence electrons. The Morgan fingerprint density at radius 1 is 1.19 bits per heavy atom. The molecule has 1 aromatic rings. The number of ether oxygens (including phenoxy) is 2. The first-order valence-electron chi connectivity index (χ1n) is 7.61. The lowest BCUT2D eigenvalue weighted by molar-refractivity contribution is 0.133. The summed E-state index contributed by atoms with van der Waals surface area (Å²) in [6.45, 7) is 2.36. The fraction of sp³-hybridized carbons (Fsp3) is 0.562. The van der Waals surface area contributed by atoms with Crippen molar-refractivity contribution in [2.24, 2.45) is 11.0 Å². The summed E-state index contributed by atoms with van der Waals surface area (Å²) in [6, 6.07) is 6.60. The third kappa shape index (κ3) is 1.83. The molecule has 2 bridgehead atoms. The van der Waals surface area contributed by atoms with Crippen molar-refractivity contribution in [3.05, 3.63) is 23.8 Å². The van der Waals surface area contributed by atoms with Crippen LogP contribution in [0.4, 0.5) is 0 Å². The number of piperidine rings is 3. The van der Waals surface area contributed by atoms with Crippen LogP contribution < -0.4 is 14.9 Å². The number of nitrogens with zero attached hydrogens (tertiary/aromatic N) is 2. The molecule has 3 saturated heterocycles. The first-order valence-corrected chi connectivity index (χ1v) is 7.61. The van der Waals surface area contributed by atoms with Gasteiger partial charge in [0.15, 0.2) is 11.5 Å². The fourth-order valence-electron chi connectivity index (χ4n) is 4.05. The van der Waals surface area contributed by atoms with E-state index in [1.54, 1.807) is 14.2 Å². The van der Waals surface area contributed by atoms with E-state index in [0.29, 0.717) is 12.0 Å². The lowest BCUT2D eigenvalue weighted by Crippen LogP contribution is -2.56. The highest BCUT2D eigenvalue weighted by molar-refractivity contribution is 5.95. The van der Waals surface area contributed by atoms with Crippen molar-refractivity contribution < 1.29 is 9.47 Å². The highest BCUT2D eigenvalue weighted by Crippen LogP contribution is 2.43. The zero-order valence-electron chi connectivity index (χ0n) is 12.5. The van der Waals surface area contributed by atoms with Crippen LogP contribution in [-0.2, 0) is 0 Å². The van der Waals surface area contributed by atoms with Crippen LogP contribution in [0.1, 0.15) is 24.4 Å². The summed E-state index contributed by atoms with van der Waals surface area (Å²) in [4.78, 5) is 2.56. The molecule has 0 aliphatic carbocycles. The van der Waals surface area contributed by atoms with Gasteiger partial charge in [0.2, 0.25) is 0 Å². The standard InChI is InChI=1S/C16H21N3O2/c1-20-12-5-3-4-11(16(12)21-2)14-15-13(17-18-14)10-6-8-19(15)9-7-10/h3-5,10,14-15,18H,6-9H2,1-2H3. The van der Waals surface area contributed by atoms with Crippen molar-refractivity contribution in [1.29, 1.82) is 0 Å². The Morgan fingerprint density at radius 3 is 2.71 bits per heavy atom. The molecule has 5 heteroatoms. The Kier molecular flexibility index (Phi) is 3.03. The molecule has 2 unspecified atom stereocenters. The number of rotatable bonds is 3. The number of methoxy groups -OCH3 is 2. The second-order valence-corrected chi connectivity index (χ2v) is 5.98. The molecule has 4 heterocycles. The summed E-state index contributed by atoms with van der Waals surface area (Å²) in [5.41, 5.74) is 5.82. The first-order chi connectivity index (χ1) is 10.3. The fourth-order valence-corrected chi connectivity index (χ4v) is 4.05. The Hall–Kier alpha value is -1.75. The van der Waals surface area contributed by atoms with Gasteiger partial charge in [0.25, 0.3) is 0 Å². The summed E-state index contributed by atoms with van der Waals surface area (Å²) < 4.78 is 11.0. The van der Waals surface area contributed by atoms with Gasteiger partial charge < -0.3 is 14.9 Å². The molecule has 1 N–H and O–H groups in total. The average molecular weight is 287 g/mol. The molecule has 4 aliphatic rings. The second-order valence-electron chi connectivity index (χ2n) is 5.98.